The van der Waals surface area contributed by atoms with Crippen molar-refractivity contribution in [3.63, 3.8) is 0 Å². The van der Waals surface area contributed by atoms with Crippen molar-refractivity contribution in [2.45, 2.75) is 13.5 Å². The quantitative estimate of drug-likeness (QED) is 0.340. The summed E-state index contributed by atoms with van der Waals surface area (Å²) >= 11 is 7.87. The minimum absolute atomic E-state index is 0.00784. The van der Waals surface area contributed by atoms with Crippen LogP contribution < -0.4 is 9.47 Å². The molecule has 7 nitrogen and oxygen atoms in total. The van der Waals surface area contributed by atoms with Gasteiger partial charge in [0, 0.05) is 5.38 Å². The molecule has 0 bridgehead atoms. The molecule has 0 aliphatic carbocycles. The molecule has 0 aliphatic rings. The molecule has 0 fully saturated rings. The largest absolute Gasteiger partial charge is 0.493 e. The highest BCUT2D eigenvalue weighted by molar-refractivity contribution is 7.13. The minimum Gasteiger partial charge on any atom is -0.493 e. The van der Waals surface area contributed by atoms with E-state index in [1.165, 1.54) is 16.0 Å². The molecule has 9 heteroatoms. The molecule has 0 N–H and O–H groups in total. The van der Waals surface area contributed by atoms with E-state index in [2.05, 4.69) is 10.1 Å². The van der Waals surface area contributed by atoms with E-state index < -0.39 is 5.97 Å². The Balaban J connectivity index is 1.51. The number of methoxy groups -OCH3 is 2. The normalized spacial score (nSPS) is 10.8. The molecule has 4 aromatic rings. The number of hydrogen-bond acceptors (Lipinski definition) is 7. The van der Waals surface area contributed by atoms with Crippen molar-refractivity contribution >= 4 is 28.9 Å². The average Bonchev–Trinajstić information content (AvgIpc) is 3.41. The number of thiazole rings is 1. The molecule has 2 aromatic carbocycles. The number of carbonyl (C=O) groups excluding carboxylic acids is 1. The van der Waals surface area contributed by atoms with Crippen molar-refractivity contribution in [3.8, 4) is 27.8 Å². The molecule has 4 rings (SSSR count). The van der Waals surface area contributed by atoms with Crippen LogP contribution in [0.2, 0.25) is 5.15 Å². The van der Waals surface area contributed by atoms with E-state index in [1.807, 2.05) is 53.9 Å². The highest BCUT2D eigenvalue weighted by Crippen LogP contribution is 2.39. The summed E-state index contributed by atoms with van der Waals surface area (Å²) in [5.41, 5.74) is 2.91. The molecule has 0 saturated heterocycles. The van der Waals surface area contributed by atoms with E-state index in [4.69, 9.17) is 25.8 Å². The number of carbonyl (C=O) groups is 1. The van der Waals surface area contributed by atoms with Gasteiger partial charge in [-0.25, -0.2) is 14.5 Å². The smallest absolute Gasteiger partial charge is 0.343 e. The molecule has 0 radical (unpaired) electrons. The van der Waals surface area contributed by atoms with Crippen LogP contribution in [-0.4, -0.2) is 35.0 Å². The number of halogens is 1. The van der Waals surface area contributed by atoms with E-state index in [1.54, 1.807) is 21.1 Å². The standard InChI is InChI=1S/C23H20ClN3O4S/c1-14-19(21(24)27(26-14)16-8-5-4-6-9-16)23(28)31-12-15-13-32-22(25-15)17-10-7-11-18(29-2)20(17)30-3/h4-11,13H,12H2,1-3H3. The fourth-order valence-corrected chi connectivity index (χ4v) is 4.41. The molecule has 0 saturated carbocycles. The predicted molar refractivity (Wildman–Crippen MR) is 123 cm³/mol. The van der Waals surface area contributed by atoms with Gasteiger partial charge in [-0.15, -0.1) is 11.3 Å². The van der Waals surface area contributed by atoms with Crippen LogP contribution in [0, 0.1) is 6.92 Å². The number of benzene rings is 2. The van der Waals surface area contributed by atoms with Gasteiger partial charge >= 0.3 is 5.97 Å². The summed E-state index contributed by atoms with van der Waals surface area (Å²) in [7, 11) is 3.17. The topological polar surface area (TPSA) is 75.5 Å². The van der Waals surface area contributed by atoms with Crippen LogP contribution in [0.15, 0.2) is 53.9 Å². The number of aryl methyl sites for hydroxylation is 1. The monoisotopic (exact) mass is 469 g/mol. The molecule has 164 valence electrons. The lowest BCUT2D eigenvalue weighted by molar-refractivity contribution is 0.0468. The van der Waals surface area contributed by atoms with Crippen LogP contribution in [-0.2, 0) is 11.3 Å². The van der Waals surface area contributed by atoms with Gasteiger partial charge in [0.05, 0.1) is 36.9 Å². The van der Waals surface area contributed by atoms with Crippen molar-refractivity contribution in [2.75, 3.05) is 14.2 Å². The van der Waals surface area contributed by atoms with Gasteiger partial charge in [0.1, 0.15) is 22.3 Å². The zero-order valence-corrected chi connectivity index (χ0v) is 19.2. The number of hydrogen-bond donors (Lipinski definition) is 0. The lowest BCUT2D eigenvalue weighted by atomic mass is 10.2. The number of rotatable bonds is 7. The van der Waals surface area contributed by atoms with Crippen molar-refractivity contribution in [1.82, 2.24) is 14.8 Å². The van der Waals surface area contributed by atoms with E-state index >= 15 is 0 Å². The first-order valence-corrected chi connectivity index (χ1v) is 10.9. The van der Waals surface area contributed by atoms with Crippen LogP contribution in [0.3, 0.4) is 0 Å². The van der Waals surface area contributed by atoms with E-state index in [-0.39, 0.29) is 17.3 Å². The summed E-state index contributed by atoms with van der Waals surface area (Å²) in [6, 6.07) is 14.9. The molecule has 0 atom stereocenters. The highest BCUT2D eigenvalue weighted by atomic mass is 35.5. The van der Waals surface area contributed by atoms with Gasteiger partial charge in [0.2, 0.25) is 0 Å². The first kappa shape index (κ1) is 21.9. The lowest BCUT2D eigenvalue weighted by Gasteiger charge is -2.10. The van der Waals surface area contributed by atoms with E-state index in [0.29, 0.717) is 22.9 Å². The Kier molecular flexibility index (Phi) is 6.43. The summed E-state index contributed by atoms with van der Waals surface area (Å²) in [6.45, 7) is 1.73. The van der Waals surface area contributed by atoms with Crippen molar-refractivity contribution in [2.24, 2.45) is 0 Å². The highest BCUT2D eigenvalue weighted by Gasteiger charge is 2.23. The zero-order valence-electron chi connectivity index (χ0n) is 17.7. The summed E-state index contributed by atoms with van der Waals surface area (Å²) in [5, 5.41) is 7.16. The third-order valence-corrected chi connectivity index (χ3v) is 6.02. The molecular weight excluding hydrogens is 450 g/mol. The van der Waals surface area contributed by atoms with Gasteiger partial charge in [-0.3, -0.25) is 0 Å². The maximum atomic E-state index is 12.7. The molecule has 2 aromatic heterocycles. The Morgan fingerprint density at radius 1 is 1.09 bits per heavy atom. The van der Waals surface area contributed by atoms with E-state index in [9.17, 15) is 4.79 Å². The van der Waals surface area contributed by atoms with Crippen molar-refractivity contribution < 1.29 is 19.0 Å². The molecule has 32 heavy (non-hydrogen) atoms. The van der Waals surface area contributed by atoms with Crippen molar-refractivity contribution in [3.05, 3.63) is 76.0 Å². The van der Waals surface area contributed by atoms with Gasteiger partial charge in [0.25, 0.3) is 0 Å². The summed E-state index contributed by atoms with van der Waals surface area (Å²) in [5.74, 6) is 0.667. The second-order valence-corrected chi connectivity index (χ2v) is 7.98. The number of esters is 1. The SMILES string of the molecule is COc1cccc(-c2nc(COC(=O)c3c(C)nn(-c4ccccc4)c3Cl)cs2)c1OC. The van der Waals surface area contributed by atoms with Crippen LogP contribution in [0.1, 0.15) is 21.7 Å². The van der Waals surface area contributed by atoms with Gasteiger partial charge in [0.15, 0.2) is 11.5 Å². The lowest BCUT2D eigenvalue weighted by Crippen LogP contribution is -2.07. The second kappa shape index (κ2) is 9.42. The summed E-state index contributed by atoms with van der Waals surface area (Å²) in [4.78, 5) is 17.3. The van der Waals surface area contributed by atoms with Crippen LogP contribution >= 0.6 is 22.9 Å². The zero-order chi connectivity index (χ0) is 22.7. The summed E-state index contributed by atoms with van der Waals surface area (Å²) < 4.78 is 17.8. The van der Waals surface area contributed by atoms with Gasteiger partial charge in [-0.2, -0.15) is 5.10 Å². The molecule has 0 amide bonds. The Labute approximate surface area is 194 Å². The third-order valence-electron chi connectivity index (χ3n) is 4.75. The van der Waals surface area contributed by atoms with Gasteiger partial charge < -0.3 is 14.2 Å². The Bertz CT molecular complexity index is 1250. The average molecular weight is 470 g/mol. The van der Waals surface area contributed by atoms with E-state index in [0.717, 1.165) is 16.3 Å². The number of para-hydroxylation sites is 2. The fourth-order valence-electron chi connectivity index (χ4n) is 3.24. The number of ether oxygens (including phenoxy) is 3. The number of aromatic nitrogens is 3. The Morgan fingerprint density at radius 3 is 2.59 bits per heavy atom. The number of nitrogens with zero attached hydrogens (tertiary/aromatic N) is 3. The maximum absolute atomic E-state index is 12.7. The van der Waals surface area contributed by atoms with Crippen LogP contribution in [0.4, 0.5) is 0 Å². The fraction of sp³-hybridized carbons (Fsp3) is 0.174. The van der Waals surface area contributed by atoms with Gasteiger partial charge in [-0.1, -0.05) is 35.9 Å². The first-order valence-electron chi connectivity index (χ1n) is 9.67. The molecule has 2 heterocycles. The Hall–Kier alpha value is -3.36. The van der Waals surface area contributed by atoms with Crippen LogP contribution in [0.5, 0.6) is 11.5 Å². The molecular formula is C23H20ClN3O4S. The predicted octanol–water partition coefficient (Wildman–Crippen LogP) is 5.33. The minimum atomic E-state index is -0.553. The van der Waals surface area contributed by atoms with Crippen LogP contribution in [0.25, 0.3) is 16.3 Å². The molecule has 0 aliphatic heterocycles. The second-order valence-electron chi connectivity index (χ2n) is 6.76. The van der Waals surface area contributed by atoms with Gasteiger partial charge in [-0.05, 0) is 31.2 Å². The first-order chi connectivity index (χ1) is 15.5. The van der Waals surface area contributed by atoms with Crippen molar-refractivity contribution in [1.29, 1.82) is 0 Å². The maximum Gasteiger partial charge on any atom is 0.343 e. The summed E-state index contributed by atoms with van der Waals surface area (Å²) in [6.07, 6.45) is 0. The molecule has 0 spiro atoms. The Morgan fingerprint density at radius 2 is 1.88 bits per heavy atom. The third kappa shape index (κ3) is 4.19. The molecule has 0 unspecified atom stereocenters.